The maximum atomic E-state index is 11.2. The summed E-state index contributed by atoms with van der Waals surface area (Å²) in [6.45, 7) is 0.557. The van der Waals surface area contributed by atoms with Crippen LogP contribution in [0.15, 0.2) is 17.6 Å². The number of hydrogen-bond acceptors (Lipinski definition) is 6. The van der Waals surface area contributed by atoms with Crippen LogP contribution in [0.3, 0.4) is 0 Å². The van der Waals surface area contributed by atoms with Crippen LogP contribution in [-0.2, 0) is 0 Å². The first-order chi connectivity index (χ1) is 9.16. The highest BCUT2D eigenvalue weighted by molar-refractivity contribution is 7.16. The molecule has 1 saturated carbocycles. The number of anilines is 1. The van der Waals surface area contributed by atoms with E-state index in [-0.39, 0.29) is 16.7 Å². The topological polar surface area (TPSA) is 94.1 Å². The van der Waals surface area contributed by atoms with Gasteiger partial charge in [-0.1, -0.05) is 0 Å². The number of nitrogens with zero attached hydrogens (tertiary/aromatic N) is 2. The van der Waals surface area contributed by atoms with E-state index in [1.165, 1.54) is 11.3 Å². The molecule has 1 unspecified atom stereocenters. The minimum Gasteiger partial charge on any atom is -0.378 e. The van der Waals surface area contributed by atoms with Crippen LogP contribution in [0, 0.1) is 16.0 Å². The molecular formula is C12H14N4O2S. The van der Waals surface area contributed by atoms with Crippen LogP contribution in [0.1, 0.15) is 12.8 Å². The fraction of sp³-hybridized carbons (Fsp3) is 0.417. The van der Waals surface area contributed by atoms with Crippen molar-refractivity contribution in [3.8, 4) is 0 Å². The van der Waals surface area contributed by atoms with Crippen molar-refractivity contribution in [2.75, 3.05) is 11.9 Å². The third-order valence-electron chi connectivity index (χ3n) is 3.41. The lowest BCUT2D eigenvalue weighted by molar-refractivity contribution is -0.382. The Morgan fingerprint density at radius 2 is 2.37 bits per heavy atom. The van der Waals surface area contributed by atoms with Gasteiger partial charge in [0.05, 0.1) is 15.1 Å². The quantitative estimate of drug-likeness (QED) is 0.646. The summed E-state index contributed by atoms with van der Waals surface area (Å²) < 4.78 is 0.823. The van der Waals surface area contributed by atoms with E-state index in [0.717, 1.165) is 17.5 Å². The van der Waals surface area contributed by atoms with E-state index in [4.69, 9.17) is 5.73 Å². The average molecular weight is 278 g/mol. The maximum absolute atomic E-state index is 11.2. The van der Waals surface area contributed by atoms with Crippen molar-refractivity contribution in [1.82, 2.24) is 4.98 Å². The summed E-state index contributed by atoms with van der Waals surface area (Å²) in [5, 5.41) is 14.3. The molecule has 7 heteroatoms. The van der Waals surface area contributed by atoms with Crippen LogP contribution in [0.4, 0.5) is 11.4 Å². The summed E-state index contributed by atoms with van der Waals surface area (Å²) in [4.78, 5) is 14.9. The molecule has 0 amide bonds. The lowest BCUT2D eigenvalue weighted by atomic mass is 10.2. The molecule has 1 aromatic heterocycles. The zero-order valence-electron chi connectivity index (χ0n) is 10.2. The smallest absolute Gasteiger partial charge is 0.319 e. The first kappa shape index (κ1) is 12.3. The van der Waals surface area contributed by atoms with Gasteiger partial charge in [0.1, 0.15) is 5.69 Å². The molecule has 3 N–H and O–H groups in total. The summed E-state index contributed by atoms with van der Waals surface area (Å²) >= 11 is 1.40. The molecule has 3 rings (SSSR count). The number of benzene rings is 1. The van der Waals surface area contributed by atoms with Crippen LogP contribution in [0.2, 0.25) is 0 Å². The van der Waals surface area contributed by atoms with Crippen LogP contribution < -0.4 is 11.1 Å². The van der Waals surface area contributed by atoms with Crippen molar-refractivity contribution in [3.63, 3.8) is 0 Å². The highest BCUT2D eigenvalue weighted by Crippen LogP contribution is 2.35. The first-order valence-corrected chi connectivity index (χ1v) is 7.05. The SMILES string of the molecule is NC(CNc1ccc2scnc2c1[N+](=O)[O-])C1CC1. The number of rotatable bonds is 5. The van der Waals surface area contributed by atoms with Gasteiger partial charge in [-0.05, 0) is 30.9 Å². The molecule has 6 nitrogen and oxygen atoms in total. The van der Waals surface area contributed by atoms with Gasteiger partial charge < -0.3 is 11.1 Å². The van der Waals surface area contributed by atoms with Crippen molar-refractivity contribution >= 4 is 32.9 Å². The predicted molar refractivity (Wildman–Crippen MR) is 75.5 cm³/mol. The molecule has 1 heterocycles. The molecule has 1 atom stereocenters. The Hall–Kier alpha value is -1.73. The number of fused-ring (bicyclic) bond motifs is 1. The van der Waals surface area contributed by atoms with Crippen molar-refractivity contribution in [1.29, 1.82) is 0 Å². The van der Waals surface area contributed by atoms with Crippen LogP contribution in [-0.4, -0.2) is 22.5 Å². The van der Waals surface area contributed by atoms with Crippen molar-refractivity contribution in [3.05, 3.63) is 27.8 Å². The Morgan fingerprint density at radius 1 is 1.58 bits per heavy atom. The lowest BCUT2D eigenvalue weighted by Gasteiger charge is -2.12. The van der Waals surface area contributed by atoms with Gasteiger partial charge in [0.25, 0.3) is 0 Å². The van der Waals surface area contributed by atoms with Gasteiger partial charge in [0, 0.05) is 12.6 Å². The van der Waals surface area contributed by atoms with Crippen LogP contribution in [0.5, 0.6) is 0 Å². The molecule has 0 aliphatic heterocycles. The van der Waals surface area contributed by atoms with Gasteiger partial charge in [0.15, 0.2) is 5.52 Å². The molecule has 1 aromatic carbocycles. The predicted octanol–water partition coefficient (Wildman–Crippen LogP) is 2.35. The summed E-state index contributed by atoms with van der Waals surface area (Å²) in [5.74, 6) is 0.564. The average Bonchev–Trinajstić information content (AvgIpc) is 3.13. The Morgan fingerprint density at radius 3 is 3.05 bits per heavy atom. The summed E-state index contributed by atoms with van der Waals surface area (Å²) in [7, 11) is 0. The number of thiazole rings is 1. The Kier molecular flexibility index (Phi) is 3.08. The number of nitro benzene ring substituents is 1. The highest BCUT2D eigenvalue weighted by Gasteiger charge is 2.29. The molecule has 0 spiro atoms. The first-order valence-electron chi connectivity index (χ1n) is 6.17. The second-order valence-corrected chi connectivity index (χ2v) is 5.69. The van der Waals surface area contributed by atoms with E-state index >= 15 is 0 Å². The van der Waals surface area contributed by atoms with Gasteiger partial charge in [0.2, 0.25) is 0 Å². The van der Waals surface area contributed by atoms with E-state index in [1.807, 2.05) is 6.07 Å². The van der Waals surface area contributed by atoms with Gasteiger partial charge >= 0.3 is 5.69 Å². The van der Waals surface area contributed by atoms with E-state index in [2.05, 4.69) is 10.3 Å². The standard InChI is InChI=1S/C12H14N4O2S/c13-8(7-1-2-7)5-14-9-3-4-10-11(15-6-19-10)12(9)16(17)18/h3-4,6-8,14H,1-2,5,13H2. The number of hydrogen-bond donors (Lipinski definition) is 2. The van der Waals surface area contributed by atoms with Crippen LogP contribution in [0.25, 0.3) is 10.2 Å². The zero-order chi connectivity index (χ0) is 13.4. The summed E-state index contributed by atoms with van der Waals surface area (Å²) in [6, 6.07) is 3.65. The van der Waals surface area contributed by atoms with E-state index < -0.39 is 0 Å². The monoisotopic (exact) mass is 278 g/mol. The van der Waals surface area contributed by atoms with Crippen molar-refractivity contribution < 1.29 is 4.92 Å². The number of aromatic nitrogens is 1. The fourth-order valence-electron chi connectivity index (χ4n) is 2.16. The molecule has 0 radical (unpaired) electrons. The largest absolute Gasteiger partial charge is 0.378 e. The normalized spacial score (nSPS) is 16.5. The molecule has 2 aromatic rings. The number of nitrogens with two attached hydrogens (primary N) is 1. The molecule has 1 aliphatic rings. The minimum absolute atomic E-state index is 0.0433. The van der Waals surface area contributed by atoms with E-state index in [0.29, 0.717) is 23.7 Å². The molecule has 0 saturated heterocycles. The second kappa shape index (κ2) is 4.75. The molecule has 19 heavy (non-hydrogen) atoms. The van der Waals surface area contributed by atoms with E-state index in [9.17, 15) is 10.1 Å². The van der Waals surface area contributed by atoms with Crippen molar-refractivity contribution in [2.45, 2.75) is 18.9 Å². The Bertz CT molecular complexity index is 623. The third-order valence-corrected chi connectivity index (χ3v) is 4.21. The summed E-state index contributed by atoms with van der Waals surface area (Å²) in [5.41, 5.74) is 8.61. The van der Waals surface area contributed by atoms with Crippen LogP contribution >= 0.6 is 11.3 Å². The number of nitrogens with one attached hydrogen (secondary N) is 1. The van der Waals surface area contributed by atoms with Gasteiger partial charge in [-0.25, -0.2) is 4.98 Å². The molecule has 0 bridgehead atoms. The fourth-order valence-corrected chi connectivity index (χ4v) is 2.84. The Labute approximate surface area is 113 Å². The molecule has 100 valence electrons. The zero-order valence-corrected chi connectivity index (χ0v) is 11.0. The minimum atomic E-state index is -0.382. The molecule has 1 aliphatic carbocycles. The van der Waals surface area contributed by atoms with Gasteiger partial charge in [-0.2, -0.15) is 0 Å². The maximum Gasteiger partial charge on any atom is 0.319 e. The second-order valence-electron chi connectivity index (χ2n) is 4.80. The molecule has 1 fully saturated rings. The number of nitro groups is 1. The molecular weight excluding hydrogens is 264 g/mol. The van der Waals surface area contributed by atoms with Gasteiger partial charge in [-0.15, -0.1) is 11.3 Å². The van der Waals surface area contributed by atoms with Crippen molar-refractivity contribution in [2.24, 2.45) is 11.7 Å². The lowest BCUT2D eigenvalue weighted by Crippen LogP contribution is -2.31. The Balaban J connectivity index is 1.88. The third kappa shape index (κ3) is 2.39. The summed E-state index contributed by atoms with van der Waals surface area (Å²) in [6.07, 6.45) is 2.33. The van der Waals surface area contributed by atoms with E-state index in [1.54, 1.807) is 11.6 Å². The van der Waals surface area contributed by atoms with Gasteiger partial charge in [-0.3, -0.25) is 10.1 Å². The highest BCUT2D eigenvalue weighted by atomic mass is 32.1.